The van der Waals surface area contributed by atoms with E-state index in [9.17, 15) is 9.59 Å². The normalized spacial score (nSPS) is 19.8. The average molecular weight is 368 g/mol. The van der Waals surface area contributed by atoms with Crippen LogP contribution in [0.2, 0.25) is 0 Å². The molecule has 0 spiro atoms. The van der Waals surface area contributed by atoms with Gasteiger partial charge in [0.05, 0.1) is 18.3 Å². The first-order chi connectivity index (χ1) is 12.9. The summed E-state index contributed by atoms with van der Waals surface area (Å²) in [5.41, 5.74) is 3.52. The SMILES string of the molecule is COC(=O)C1=C(C)N(C2CCCCC2)C(=O)C1=Cc1ccc(N(C)C)cc1. The van der Waals surface area contributed by atoms with Gasteiger partial charge in [0.15, 0.2) is 0 Å². The van der Waals surface area contributed by atoms with Crippen LogP contribution in [-0.4, -0.2) is 44.0 Å². The van der Waals surface area contributed by atoms with Crippen molar-refractivity contribution in [3.63, 3.8) is 0 Å². The van der Waals surface area contributed by atoms with Crippen molar-refractivity contribution >= 4 is 23.6 Å². The van der Waals surface area contributed by atoms with Crippen molar-refractivity contribution in [1.82, 2.24) is 4.90 Å². The lowest BCUT2D eigenvalue weighted by molar-refractivity contribution is -0.136. The number of ether oxygens (including phenoxy) is 1. The molecule has 0 radical (unpaired) electrons. The van der Waals surface area contributed by atoms with Gasteiger partial charge in [-0.15, -0.1) is 0 Å². The number of carbonyl (C=O) groups excluding carboxylic acids is 2. The second-order valence-electron chi connectivity index (χ2n) is 7.46. The number of hydrogen-bond donors (Lipinski definition) is 0. The van der Waals surface area contributed by atoms with E-state index in [-0.39, 0.29) is 11.9 Å². The summed E-state index contributed by atoms with van der Waals surface area (Å²) >= 11 is 0. The van der Waals surface area contributed by atoms with Gasteiger partial charge in [0, 0.05) is 31.5 Å². The van der Waals surface area contributed by atoms with Crippen molar-refractivity contribution in [2.75, 3.05) is 26.1 Å². The van der Waals surface area contributed by atoms with Crippen LogP contribution in [0.4, 0.5) is 5.69 Å². The van der Waals surface area contributed by atoms with Crippen molar-refractivity contribution in [2.45, 2.75) is 45.1 Å². The quantitative estimate of drug-likeness (QED) is 0.600. The summed E-state index contributed by atoms with van der Waals surface area (Å²) in [6.45, 7) is 1.86. The number of esters is 1. The number of nitrogens with zero attached hydrogens (tertiary/aromatic N) is 2. The highest BCUT2D eigenvalue weighted by molar-refractivity contribution is 6.16. The molecular formula is C22H28N2O3. The maximum absolute atomic E-state index is 13.2. The topological polar surface area (TPSA) is 49.9 Å². The van der Waals surface area contributed by atoms with Crippen LogP contribution >= 0.6 is 0 Å². The summed E-state index contributed by atoms with van der Waals surface area (Å²) in [6.07, 6.45) is 7.25. The number of allylic oxidation sites excluding steroid dienone is 1. The van der Waals surface area contributed by atoms with Crippen LogP contribution in [0.5, 0.6) is 0 Å². The van der Waals surface area contributed by atoms with Gasteiger partial charge in [0.1, 0.15) is 0 Å². The molecule has 1 saturated carbocycles. The lowest BCUT2D eigenvalue weighted by atomic mass is 9.94. The molecule has 144 valence electrons. The Bertz CT molecular complexity index is 784. The summed E-state index contributed by atoms with van der Waals surface area (Å²) in [4.78, 5) is 29.5. The summed E-state index contributed by atoms with van der Waals surface area (Å²) in [6, 6.07) is 8.10. The number of hydrogen-bond acceptors (Lipinski definition) is 4. The summed E-state index contributed by atoms with van der Waals surface area (Å²) in [7, 11) is 5.33. The van der Waals surface area contributed by atoms with E-state index in [1.165, 1.54) is 13.5 Å². The first-order valence-electron chi connectivity index (χ1n) is 9.56. The molecule has 1 aromatic rings. The number of benzene rings is 1. The van der Waals surface area contributed by atoms with Crippen molar-refractivity contribution in [2.24, 2.45) is 0 Å². The van der Waals surface area contributed by atoms with E-state index in [0.717, 1.165) is 42.6 Å². The maximum Gasteiger partial charge on any atom is 0.340 e. The third-order valence-corrected chi connectivity index (χ3v) is 5.49. The van der Waals surface area contributed by atoms with Crippen molar-refractivity contribution in [3.8, 4) is 0 Å². The predicted molar refractivity (Wildman–Crippen MR) is 107 cm³/mol. The van der Waals surface area contributed by atoms with Crippen LogP contribution in [0.15, 0.2) is 41.1 Å². The second kappa shape index (κ2) is 7.99. The zero-order valence-corrected chi connectivity index (χ0v) is 16.6. The van der Waals surface area contributed by atoms with Crippen LogP contribution in [-0.2, 0) is 14.3 Å². The van der Waals surface area contributed by atoms with Crippen LogP contribution < -0.4 is 4.90 Å². The number of rotatable bonds is 4. The van der Waals surface area contributed by atoms with Gasteiger partial charge in [0.25, 0.3) is 5.91 Å². The average Bonchev–Trinajstić information content (AvgIpc) is 2.92. The zero-order valence-electron chi connectivity index (χ0n) is 16.6. The molecule has 0 bridgehead atoms. The molecule has 0 aromatic heterocycles. The summed E-state index contributed by atoms with van der Waals surface area (Å²) < 4.78 is 4.98. The smallest absolute Gasteiger partial charge is 0.340 e. The Balaban J connectivity index is 1.99. The van der Waals surface area contributed by atoms with Gasteiger partial charge in [-0.25, -0.2) is 4.79 Å². The Morgan fingerprint density at radius 1 is 1.15 bits per heavy atom. The summed E-state index contributed by atoms with van der Waals surface area (Å²) in [5, 5.41) is 0. The Morgan fingerprint density at radius 3 is 2.33 bits per heavy atom. The van der Waals surface area contributed by atoms with Crippen molar-refractivity contribution < 1.29 is 14.3 Å². The monoisotopic (exact) mass is 368 g/mol. The third-order valence-electron chi connectivity index (χ3n) is 5.49. The lowest BCUT2D eigenvalue weighted by Gasteiger charge is -2.32. The van der Waals surface area contributed by atoms with Gasteiger partial charge in [0.2, 0.25) is 0 Å². The van der Waals surface area contributed by atoms with Crippen LogP contribution in [0.3, 0.4) is 0 Å². The van der Waals surface area contributed by atoms with Crippen LogP contribution in [0.25, 0.3) is 6.08 Å². The fourth-order valence-corrected chi connectivity index (χ4v) is 4.01. The number of methoxy groups -OCH3 is 1. The molecule has 3 rings (SSSR count). The molecule has 1 aromatic carbocycles. The van der Waals surface area contributed by atoms with E-state index in [1.54, 1.807) is 6.08 Å². The molecule has 1 heterocycles. The fourth-order valence-electron chi connectivity index (χ4n) is 4.01. The molecule has 0 unspecified atom stereocenters. The van der Waals surface area contributed by atoms with E-state index < -0.39 is 5.97 Å². The molecule has 5 heteroatoms. The van der Waals surface area contributed by atoms with E-state index >= 15 is 0 Å². The third kappa shape index (κ3) is 3.77. The molecule has 1 aliphatic heterocycles. The van der Waals surface area contributed by atoms with Gasteiger partial charge >= 0.3 is 5.97 Å². The Kier molecular flexibility index (Phi) is 5.68. The van der Waals surface area contributed by atoms with E-state index in [2.05, 4.69) is 0 Å². The molecule has 2 aliphatic rings. The molecule has 1 amide bonds. The van der Waals surface area contributed by atoms with E-state index in [4.69, 9.17) is 4.74 Å². The minimum Gasteiger partial charge on any atom is -0.465 e. The molecule has 1 aliphatic carbocycles. The molecule has 0 atom stereocenters. The highest BCUT2D eigenvalue weighted by atomic mass is 16.5. The summed E-state index contributed by atoms with van der Waals surface area (Å²) in [5.74, 6) is -0.535. The first kappa shape index (κ1) is 19.2. The van der Waals surface area contributed by atoms with Gasteiger partial charge in [-0.2, -0.15) is 0 Å². The maximum atomic E-state index is 13.2. The standard InChI is InChI=1S/C22H28N2O3/c1-15-20(22(26)27-4)19(14-16-10-12-17(13-11-16)23(2)3)21(25)24(15)18-8-6-5-7-9-18/h10-14,18H,5-9H2,1-4H3. The second-order valence-corrected chi connectivity index (χ2v) is 7.46. The molecular weight excluding hydrogens is 340 g/mol. The Hall–Kier alpha value is -2.56. The molecule has 27 heavy (non-hydrogen) atoms. The van der Waals surface area contributed by atoms with Crippen molar-refractivity contribution in [3.05, 3.63) is 46.7 Å². The van der Waals surface area contributed by atoms with Crippen LogP contribution in [0, 0.1) is 0 Å². The van der Waals surface area contributed by atoms with Gasteiger partial charge < -0.3 is 14.5 Å². The Labute approximate surface area is 161 Å². The van der Waals surface area contributed by atoms with Gasteiger partial charge in [-0.1, -0.05) is 31.4 Å². The number of anilines is 1. The van der Waals surface area contributed by atoms with Crippen molar-refractivity contribution in [1.29, 1.82) is 0 Å². The molecule has 0 N–H and O–H groups in total. The molecule has 0 saturated heterocycles. The molecule has 1 fully saturated rings. The lowest BCUT2D eigenvalue weighted by Crippen LogP contribution is -2.37. The highest BCUT2D eigenvalue weighted by Gasteiger charge is 2.40. The zero-order chi connectivity index (χ0) is 19.6. The largest absolute Gasteiger partial charge is 0.465 e. The number of amides is 1. The van der Waals surface area contributed by atoms with Gasteiger partial charge in [-0.3, -0.25) is 4.79 Å². The van der Waals surface area contributed by atoms with Crippen LogP contribution in [0.1, 0.15) is 44.6 Å². The predicted octanol–water partition coefficient (Wildman–Crippen LogP) is 3.76. The molecule has 5 nitrogen and oxygen atoms in total. The van der Waals surface area contributed by atoms with E-state index in [0.29, 0.717) is 11.1 Å². The van der Waals surface area contributed by atoms with Gasteiger partial charge in [-0.05, 0) is 43.5 Å². The minimum atomic E-state index is -0.449. The number of carbonyl (C=O) groups is 2. The fraction of sp³-hybridized carbons (Fsp3) is 0.455. The Morgan fingerprint density at radius 2 is 1.78 bits per heavy atom. The van der Waals surface area contributed by atoms with E-state index in [1.807, 2.05) is 55.1 Å². The highest BCUT2D eigenvalue weighted by Crippen LogP contribution is 2.36. The minimum absolute atomic E-state index is 0.0866. The first-order valence-corrected chi connectivity index (χ1v) is 9.56.